The summed E-state index contributed by atoms with van der Waals surface area (Å²) in [6, 6.07) is 15.4. The fraction of sp³-hybridized carbons (Fsp3) is 0.500. The molecule has 0 atom stereocenters. The summed E-state index contributed by atoms with van der Waals surface area (Å²) in [4.78, 5) is 24.9. The number of ether oxygens (including phenoxy) is 2. The first kappa shape index (κ1) is 35.0. The minimum Gasteiger partial charge on any atom is -0.462 e. The van der Waals surface area contributed by atoms with Crippen LogP contribution in [0.1, 0.15) is 83.9 Å². The first-order valence-electron chi connectivity index (χ1n) is 15.1. The van der Waals surface area contributed by atoms with Gasteiger partial charge in [0.2, 0.25) is 0 Å². The topological polar surface area (TPSA) is 93.1 Å². The van der Waals surface area contributed by atoms with Gasteiger partial charge in [-0.05, 0) is 87.6 Å². The van der Waals surface area contributed by atoms with E-state index in [0.29, 0.717) is 12.8 Å². The van der Waals surface area contributed by atoms with Gasteiger partial charge in [0.25, 0.3) is 0 Å². The van der Waals surface area contributed by atoms with Gasteiger partial charge in [-0.3, -0.25) is 0 Å². The van der Waals surface area contributed by atoms with E-state index in [1.54, 1.807) is 0 Å². The summed E-state index contributed by atoms with van der Waals surface area (Å²) in [5.74, 6) is -1.71. The number of carbonyl (C=O) groups excluding carboxylic acids is 2. The largest absolute Gasteiger partial charge is 0.462 e. The normalized spacial score (nSPS) is 11.8. The van der Waals surface area contributed by atoms with Crippen molar-refractivity contribution in [2.24, 2.45) is 5.92 Å². The smallest absolute Gasteiger partial charge is 0.336 e. The van der Waals surface area contributed by atoms with Crippen LogP contribution in [-0.4, -0.2) is 46.6 Å². The molecule has 0 spiro atoms. The molecule has 0 aliphatic rings. The van der Waals surface area contributed by atoms with Crippen LogP contribution in [0.25, 0.3) is 11.1 Å². The Morgan fingerprint density at radius 2 is 1.31 bits per heavy atom. The molecule has 0 aliphatic carbocycles. The SMILES string of the molecule is C=C(C(=O)OCC(CCc1ccc(-c2ccc(CCCCC)cc2)c(CC)c1)COC(=O)C(=C)C(C)(C)O)C(C)(C)O. The van der Waals surface area contributed by atoms with Gasteiger partial charge in [-0.15, -0.1) is 0 Å². The molecule has 0 unspecified atom stereocenters. The van der Waals surface area contributed by atoms with E-state index < -0.39 is 23.1 Å². The zero-order valence-electron chi connectivity index (χ0n) is 26.4. The number of benzene rings is 2. The molecule has 6 nitrogen and oxygen atoms in total. The van der Waals surface area contributed by atoms with Crippen LogP contribution in [0.4, 0.5) is 0 Å². The monoisotopic (exact) mass is 578 g/mol. The molecule has 2 aromatic carbocycles. The van der Waals surface area contributed by atoms with Crippen molar-refractivity contribution in [2.45, 2.75) is 97.7 Å². The highest BCUT2D eigenvalue weighted by molar-refractivity contribution is 5.90. The third-order valence-corrected chi connectivity index (χ3v) is 7.60. The maximum Gasteiger partial charge on any atom is 0.336 e. The molecule has 0 saturated heterocycles. The molecule has 0 heterocycles. The van der Waals surface area contributed by atoms with Gasteiger partial charge < -0.3 is 19.7 Å². The number of hydrogen-bond donors (Lipinski definition) is 2. The number of hydrogen-bond acceptors (Lipinski definition) is 6. The lowest BCUT2D eigenvalue weighted by Crippen LogP contribution is -2.31. The molecule has 0 saturated carbocycles. The predicted molar refractivity (Wildman–Crippen MR) is 169 cm³/mol. The van der Waals surface area contributed by atoms with Crippen LogP contribution in [-0.2, 0) is 38.3 Å². The van der Waals surface area contributed by atoms with Crippen molar-refractivity contribution < 1.29 is 29.3 Å². The lowest BCUT2D eigenvalue weighted by Gasteiger charge is -2.23. The van der Waals surface area contributed by atoms with Crippen molar-refractivity contribution in [2.75, 3.05) is 13.2 Å². The Labute approximate surface area is 252 Å². The van der Waals surface area contributed by atoms with E-state index in [9.17, 15) is 19.8 Å². The highest BCUT2D eigenvalue weighted by Gasteiger charge is 2.28. The first-order valence-corrected chi connectivity index (χ1v) is 15.1. The van der Waals surface area contributed by atoms with Crippen molar-refractivity contribution in [1.82, 2.24) is 0 Å². The molecule has 0 amide bonds. The zero-order valence-corrected chi connectivity index (χ0v) is 26.4. The molecule has 2 aromatic rings. The molecule has 0 fully saturated rings. The van der Waals surface area contributed by atoms with Crippen molar-refractivity contribution in [3.8, 4) is 11.1 Å². The van der Waals surface area contributed by atoms with E-state index in [4.69, 9.17) is 9.47 Å². The fourth-order valence-corrected chi connectivity index (χ4v) is 4.45. The summed E-state index contributed by atoms with van der Waals surface area (Å²) in [5, 5.41) is 20.2. The highest BCUT2D eigenvalue weighted by Crippen LogP contribution is 2.27. The van der Waals surface area contributed by atoms with Crippen molar-refractivity contribution in [3.63, 3.8) is 0 Å². The van der Waals surface area contributed by atoms with E-state index in [2.05, 4.69) is 69.5 Å². The summed E-state index contributed by atoms with van der Waals surface area (Å²) in [5.41, 5.74) is 3.27. The number of esters is 2. The molecule has 0 aromatic heterocycles. The average Bonchev–Trinajstić information content (AvgIpc) is 2.95. The van der Waals surface area contributed by atoms with Crippen molar-refractivity contribution >= 4 is 11.9 Å². The van der Waals surface area contributed by atoms with Crippen molar-refractivity contribution in [3.05, 3.63) is 83.5 Å². The standard InChI is InChI=1S/C36H50O6/c1-9-11-12-13-27-16-19-31(20-17-27)32-21-18-28(22-30(32)10-2)14-15-29(23-41-33(37)25(3)35(5,6)39)24-42-34(38)26(4)36(7,8)40/h16-22,29,39-40H,3-4,9-15,23-24H2,1-2,5-8H3. The van der Waals surface area contributed by atoms with Crippen LogP contribution < -0.4 is 0 Å². The second-order valence-corrected chi connectivity index (χ2v) is 12.2. The van der Waals surface area contributed by atoms with E-state index in [0.717, 1.165) is 18.4 Å². The van der Waals surface area contributed by atoms with Gasteiger partial charge in [-0.25, -0.2) is 9.59 Å². The summed E-state index contributed by atoms with van der Waals surface area (Å²) in [6.45, 7) is 17.5. The lowest BCUT2D eigenvalue weighted by molar-refractivity contribution is -0.146. The quantitative estimate of drug-likeness (QED) is 0.120. The van der Waals surface area contributed by atoms with E-state index >= 15 is 0 Å². The second-order valence-electron chi connectivity index (χ2n) is 12.2. The van der Waals surface area contributed by atoms with Gasteiger partial charge in [0.05, 0.1) is 35.6 Å². The summed E-state index contributed by atoms with van der Waals surface area (Å²) in [7, 11) is 0. The van der Waals surface area contributed by atoms with E-state index in [1.165, 1.54) is 69.2 Å². The van der Waals surface area contributed by atoms with Crippen molar-refractivity contribution in [1.29, 1.82) is 0 Å². The number of aliphatic hydroxyl groups is 2. The Balaban J connectivity index is 2.13. The minimum absolute atomic E-state index is 0.0144. The molecule has 230 valence electrons. The Bertz CT molecular complexity index is 1170. The lowest BCUT2D eigenvalue weighted by atomic mass is 9.92. The Morgan fingerprint density at radius 3 is 1.79 bits per heavy atom. The van der Waals surface area contributed by atoms with Gasteiger partial charge in [-0.2, -0.15) is 0 Å². The van der Waals surface area contributed by atoms with Gasteiger partial charge >= 0.3 is 11.9 Å². The Hall–Kier alpha value is -3.22. The number of aryl methyl sites for hydroxylation is 3. The fourth-order valence-electron chi connectivity index (χ4n) is 4.45. The zero-order chi connectivity index (χ0) is 31.5. The highest BCUT2D eigenvalue weighted by atomic mass is 16.5. The third-order valence-electron chi connectivity index (χ3n) is 7.60. The Morgan fingerprint density at radius 1 is 0.786 bits per heavy atom. The second kappa shape index (κ2) is 15.9. The molecule has 2 rings (SSSR count). The summed E-state index contributed by atoms with van der Waals surface area (Å²) < 4.78 is 10.9. The van der Waals surface area contributed by atoms with Crippen LogP contribution in [0.5, 0.6) is 0 Å². The molecule has 0 bridgehead atoms. The molecule has 42 heavy (non-hydrogen) atoms. The molecular formula is C36H50O6. The maximum atomic E-state index is 12.5. The molecule has 0 radical (unpaired) electrons. The maximum absolute atomic E-state index is 12.5. The van der Waals surface area contributed by atoms with Gasteiger partial charge in [0, 0.05) is 5.92 Å². The van der Waals surface area contributed by atoms with E-state index in [1.807, 2.05) is 0 Å². The predicted octanol–water partition coefficient (Wildman–Crippen LogP) is 6.94. The van der Waals surface area contributed by atoms with Crippen LogP contribution in [0, 0.1) is 5.92 Å². The van der Waals surface area contributed by atoms with Gasteiger partial charge in [0.15, 0.2) is 0 Å². The molecule has 0 aliphatic heterocycles. The Kier molecular flexibility index (Phi) is 13.2. The van der Waals surface area contributed by atoms with E-state index in [-0.39, 0.29) is 30.3 Å². The summed E-state index contributed by atoms with van der Waals surface area (Å²) >= 11 is 0. The number of carbonyl (C=O) groups is 2. The van der Waals surface area contributed by atoms with Crippen LogP contribution >= 0.6 is 0 Å². The third kappa shape index (κ3) is 10.9. The van der Waals surface area contributed by atoms with Crippen LogP contribution in [0.3, 0.4) is 0 Å². The first-order chi connectivity index (χ1) is 19.7. The molecule has 6 heteroatoms. The number of unbranched alkanes of at least 4 members (excludes halogenated alkanes) is 2. The summed E-state index contributed by atoms with van der Waals surface area (Å²) in [6.07, 6.45) is 6.95. The number of rotatable bonds is 17. The average molecular weight is 579 g/mol. The van der Waals surface area contributed by atoms with Crippen LogP contribution in [0.15, 0.2) is 66.8 Å². The minimum atomic E-state index is -1.41. The molecule has 2 N–H and O–H groups in total. The van der Waals surface area contributed by atoms with Gasteiger partial charge in [0.1, 0.15) is 0 Å². The molecular weight excluding hydrogens is 528 g/mol. The van der Waals surface area contributed by atoms with Gasteiger partial charge in [-0.1, -0.05) is 82.3 Å². The van der Waals surface area contributed by atoms with Crippen LogP contribution in [0.2, 0.25) is 0 Å².